The molecule has 36 heavy (non-hydrogen) atoms. The lowest BCUT2D eigenvalue weighted by atomic mass is 10.1. The number of hydrogen-bond donors (Lipinski definition) is 1. The second-order valence-corrected chi connectivity index (χ2v) is 8.84. The molecule has 1 fully saturated rings. The summed E-state index contributed by atoms with van der Waals surface area (Å²) in [6.07, 6.45) is -5.73. The Hall–Kier alpha value is -3.83. The number of benzene rings is 1. The molecule has 0 radical (unpaired) electrons. The third-order valence-electron chi connectivity index (χ3n) is 6.27. The van der Waals surface area contributed by atoms with Crippen molar-refractivity contribution in [3.8, 4) is 17.4 Å². The first kappa shape index (κ1) is 23.9. The number of nitrogens with one attached hydrogen (secondary N) is 1. The lowest BCUT2D eigenvalue weighted by Crippen LogP contribution is -2.38. The van der Waals surface area contributed by atoms with Crippen LogP contribution in [0.15, 0.2) is 35.3 Å². The predicted octanol–water partition coefficient (Wildman–Crippen LogP) is 3.75. The fourth-order valence-corrected chi connectivity index (χ4v) is 4.36. The van der Waals surface area contributed by atoms with Crippen molar-refractivity contribution in [1.82, 2.24) is 14.9 Å². The zero-order valence-corrected chi connectivity index (χ0v) is 19.2. The highest BCUT2D eigenvalue weighted by atomic mass is 19.4. The van der Waals surface area contributed by atoms with E-state index in [0.717, 1.165) is 6.92 Å². The number of nitrogens with zero attached hydrogens (tertiary/aromatic N) is 2. The maximum absolute atomic E-state index is 14.9. The molecule has 1 amide bonds. The van der Waals surface area contributed by atoms with Crippen LogP contribution in [0.3, 0.4) is 0 Å². The van der Waals surface area contributed by atoms with Gasteiger partial charge in [-0.1, -0.05) is 0 Å². The number of rotatable bonds is 4. The predicted molar refractivity (Wildman–Crippen MR) is 119 cm³/mol. The van der Waals surface area contributed by atoms with Crippen molar-refractivity contribution in [1.29, 1.82) is 0 Å². The molecular weight excluding hydrogens is 486 g/mol. The van der Waals surface area contributed by atoms with E-state index in [1.54, 1.807) is 12.1 Å². The van der Waals surface area contributed by atoms with Gasteiger partial charge < -0.3 is 24.1 Å². The standard InChI is InChI=1S/C24H21F4N3O5/c1-11-5-17-20(22(21(11)25)35-12(2)24(26,27)28)23(33)31-9-15(6-14(31)10-34-17)36-19-7-16-13(8-29-19)3-4-18(32)30-16/h3-5,7-8,12,14-15H,6,9-10H2,1-2H3,(H,30,32)/t12-,14-,15+/m1/s1. The Morgan fingerprint density at radius 1 is 1.25 bits per heavy atom. The lowest BCUT2D eigenvalue weighted by Gasteiger charge is -2.23. The molecule has 0 spiro atoms. The second kappa shape index (κ2) is 8.68. The van der Waals surface area contributed by atoms with Crippen molar-refractivity contribution < 1.29 is 36.6 Å². The Kier molecular flexibility index (Phi) is 5.76. The molecule has 1 aromatic carbocycles. The van der Waals surface area contributed by atoms with Crippen LogP contribution < -0.4 is 19.8 Å². The Labute approximate surface area is 201 Å². The normalized spacial score (nSPS) is 20.4. The average molecular weight is 507 g/mol. The number of carbonyl (C=O) groups is 1. The van der Waals surface area contributed by atoms with Crippen LogP contribution in [0.4, 0.5) is 17.6 Å². The van der Waals surface area contributed by atoms with Gasteiger partial charge in [0.05, 0.1) is 18.1 Å². The molecule has 12 heteroatoms. The fourth-order valence-electron chi connectivity index (χ4n) is 4.36. The largest absolute Gasteiger partial charge is 0.490 e. The summed E-state index contributed by atoms with van der Waals surface area (Å²) >= 11 is 0. The van der Waals surface area contributed by atoms with Gasteiger partial charge in [0.1, 0.15) is 24.0 Å². The number of aryl methyl sites for hydroxylation is 1. The van der Waals surface area contributed by atoms with Crippen LogP contribution in [-0.4, -0.2) is 58.4 Å². The van der Waals surface area contributed by atoms with Crippen LogP contribution >= 0.6 is 0 Å². The molecule has 3 atom stereocenters. The topological polar surface area (TPSA) is 93.8 Å². The van der Waals surface area contributed by atoms with Gasteiger partial charge in [-0.25, -0.2) is 9.37 Å². The summed E-state index contributed by atoms with van der Waals surface area (Å²) in [5.74, 6) is -2.36. The van der Waals surface area contributed by atoms with E-state index in [0.29, 0.717) is 17.3 Å². The molecule has 2 aliphatic rings. The molecule has 1 N–H and O–H groups in total. The average Bonchev–Trinajstić information content (AvgIpc) is 3.16. The van der Waals surface area contributed by atoms with Crippen LogP contribution in [0.1, 0.15) is 29.3 Å². The summed E-state index contributed by atoms with van der Waals surface area (Å²) in [5.41, 5.74) is -0.149. The molecule has 0 bridgehead atoms. The van der Waals surface area contributed by atoms with Crippen LogP contribution in [0, 0.1) is 12.7 Å². The van der Waals surface area contributed by atoms with E-state index in [-0.39, 0.29) is 35.9 Å². The number of fused-ring (bicyclic) bond motifs is 3. The van der Waals surface area contributed by atoms with Crippen LogP contribution in [-0.2, 0) is 0 Å². The Morgan fingerprint density at radius 3 is 2.78 bits per heavy atom. The third kappa shape index (κ3) is 4.31. The number of carbonyl (C=O) groups excluding carboxylic acids is 1. The minimum absolute atomic E-state index is 0.00499. The third-order valence-corrected chi connectivity index (χ3v) is 6.27. The summed E-state index contributed by atoms with van der Waals surface area (Å²) in [6, 6.07) is 5.38. The number of ether oxygens (including phenoxy) is 3. The van der Waals surface area contributed by atoms with Crippen LogP contribution in [0.2, 0.25) is 0 Å². The number of H-pyrrole nitrogens is 1. The van der Waals surface area contributed by atoms with Gasteiger partial charge in [0.15, 0.2) is 17.7 Å². The van der Waals surface area contributed by atoms with Crippen molar-refractivity contribution in [2.45, 2.75) is 44.7 Å². The molecule has 5 rings (SSSR count). The van der Waals surface area contributed by atoms with Crippen molar-refractivity contribution in [3.63, 3.8) is 0 Å². The van der Waals surface area contributed by atoms with Crippen molar-refractivity contribution in [2.75, 3.05) is 13.2 Å². The maximum Gasteiger partial charge on any atom is 0.425 e. The van der Waals surface area contributed by atoms with E-state index in [4.69, 9.17) is 14.2 Å². The van der Waals surface area contributed by atoms with E-state index in [2.05, 4.69) is 9.97 Å². The van der Waals surface area contributed by atoms with E-state index in [9.17, 15) is 27.2 Å². The molecule has 190 valence electrons. The van der Waals surface area contributed by atoms with Gasteiger partial charge in [-0.3, -0.25) is 9.59 Å². The Bertz CT molecular complexity index is 1410. The Morgan fingerprint density at radius 2 is 2.03 bits per heavy atom. The molecular formula is C24H21F4N3O5. The van der Waals surface area contributed by atoms with Crippen LogP contribution in [0.25, 0.3) is 10.9 Å². The smallest absolute Gasteiger partial charge is 0.425 e. The van der Waals surface area contributed by atoms with Crippen molar-refractivity contribution in [2.24, 2.45) is 0 Å². The highest BCUT2D eigenvalue weighted by molar-refractivity contribution is 6.00. The molecule has 8 nitrogen and oxygen atoms in total. The first-order valence-electron chi connectivity index (χ1n) is 11.2. The zero-order chi connectivity index (χ0) is 25.8. The quantitative estimate of drug-likeness (QED) is 0.541. The summed E-state index contributed by atoms with van der Waals surface area (Å²) < 4.78 is 71.0. The van der Waals surface area contributed by atoms with Crippen molar-refractivity contribution >= 4 is 16.8 Å². The fraction of sp³-hybridized carbons (Fsp3) is 0.375. The molecule has 0 saturated carbocycles. The molecule has 2 aliphatic heterocycles. The highest BCUT2D eigenvalue weighted by Crippen LogP contribution is 2.40. The molecule has 0 unspecified atom stereocenters. The number of aromatic nitrogens is 2. The minimum atomic E-state index is -4.76. The lowest BCUT2D eigenvalue weighted by molar-refractivity contribution is -0.189. The van der Waals surface area contributed by atoms with Crippen molar-refractivity contribution in [3.05, 3.63) is 57.8 Å². The number of alkyl halides is 3. The van der Waals surface area contributed by atoms with E-state index >= 15 is 0 Å². The highest BCUT2D eigenvalue weighted by Gasteiger charge is 2.44. The summed E-state index contributed by atoms with van der Waals surface area (Å²) in [6.45, 7) is 2.20. The van der Waals surface area contributed by atoms with Crippen LogP contribution in [0.5, 0.6) is 17.4 Å². The molecule has 0 aliphatic carbocycles. The number of aromatic amines is 1. The summed E-state index contributed by atoms with van der Waals surface area (Å²) in [7, 11) is 0. The number of amides is 1. The first-order chi connectivity index (χ1) is 17.0. The van der Waals surface area contributed by atoms with E-state index in [1.807, 2.05) is 0 Å². The minimum Gasteiger partial charge on any atom is -0.490 e. The molecule has 2 aromatic heterocycles. The molecule has 1 saturated heterocycles. The summed E-state index contributed by atoms with van der Waals surface area (Å²) in [5, 5.41) is 0.709. The molecule has 4 heterocycles. The number of pyridine rings is 2. The summed E-state index contributed by atoms with van der Waals surface area (Å²) in [4.78, 5) is 33.3. The SMILES string of the molecule is Cc1cc2c(c(O[C@H](C)C(F)(F)F)c1F)C(=O)N1C[C@@H](Oc3cc4[nH]c(=O)ccc4cn3)C[C@@H]1CO2. The van der Waals surface area contributed by atoms with Gasteiger partial charge in [0, 0.05) is 30.1 Å². The zero-order valence-electron chi connectivity index (χ0n) is 19.2. The number of halogens is 4. The first-order valence-corrected chi connectivity index (χ1v) is 11.2. The van der Waals surface area contributed by atoms with Gasteiger partial charge in [-0.05, 0) is 31.5 Å². The maximum atomic E-state index is 14.9. The van der Waals surface area contributed by atoms with Gasteiger partial charge in [0.2, 0.25) is 11.4 Å². The van der Waals surface area contributed by atoms with Gasteiger partial charge in [-0.15, -0.1) is 0 Å². The van der Waals surface area contributed by atoms with E-state index < -0.39 is 47.5 Å². The second-order valence-electron chi connectivity index (χ2n) is 8.84. The molecule has 3 aromatic rings. The number of hydrogen-bond acceptors (Lipinski definition) is 6. The van der Waals surface area contributed by atoms with Gasteiger partial charge in [-0.2, -0.15) is 13.2 Å². The van der Waals surface area contributed by atoms with Gasteiger partial charge in [0.25, 0.3) is 5.91 Å². The van der Waals surface area contributed by atoms with Gasteiger partial charge >= 0.3 is 6.18 Å². The monoisotopic (exact) mass is 507 g/mol. The Balaban J connectivity index is 1.42. The van der Waals surface area contributed by atoms with E-state index in [1.165, 1.54) is 30.2 Å².